The van der Waals surface area contributed by atoms with Crippen LogP contribution in [0.25, 0.3) is 0 Å². The summed E-state index contributed by atoms with van der Waals surface area (Å²) in [5, 5.41) is 0. The number of carbonyl (C=O) groups excluding carboxylic acids is 2. The van der Waals surface area contributed by atoms with Crippen LogP contribution in [-0.2, 0) is 11.3 Å². The molecule has 0 aliphatic heterocycles. The van der Waals surface area contributed by atoms with E-state index in [1.165, 1.54) is 12.1 Å². The third kappa shape index (κ3) is 5.01. The molecule has 0 atom stereocenters. The number of halogens is 2. The van der Waals surface area contributed by atoms with E-state index in [1.54, 1.807) is 12.1 Å². The number of esters is 1. The predicted octanol–water partition coefficient (Wildman–Crippen LogP) is 4.58. The number of carbonyl (C=O) groups is 2. The number of hydrogen-bond acceptors (Lipinski definition) is 4. The molecule has 28 heavy (non-hydrogen) atoms. The van der Waals surface area contributed by atoms with E-state index >= 15 is 0 Å². The van der Waals surface area contributed by atoms with Gasteiger partial charge in [-0.1, -0.05) is 30.3 Å². The van der Waals surface area contributed by atoms with Crippen molar-refractivity contribution in [2.24, 2.45) is 0 Å². The van der Waals surface area contributed by atoms with E-state index in [0.29, 0.717) is 12.4 Å². The largest absolute Gasteiger partial charge is 0.489 e. The smallest absolute Gasteiger partial charge is 0.338 e. The van der Waals surface area contributed by atoms with E-state index in [9.17, 15) is 18.4 Å². The first-order valence-electron chi connectivity index (χ1n) is 8.45. The van der Waals surface area contributed by atoms with E-state index in [2.05, 4.69) is 0 Å². The lowest BCUT2D eigenvalue weighted by molar-refractivity contribution is 0.0474. The fourth-order valence-corrected chi connectivity index (χ4v) is 2.40. The second kappa shape index (κ2) is 8.90. The van der Waals surface area contributed by atoms with Gasteiger partial charge < -0.3 is 9.47 Å². The van der Waals surface area contributed by atoms with Crippen molar-refractivity contribution in [1.29, 1.82) is 0 Å². The van der Waals surface area contributed by atoms with Gasteiger partial charge in [0.05, 0.1) is 5.56 Å². The lowest BCUT2D eigenvalue weighted by atomic mass is 10.1. The van der Waals surface area contributed by atoms with Crippen molar-refractivity contribution in [2.45, 2.75) is 6.61 Å². The lowest BCUT2D eigenvalue weighted by Crippen LogP contribution is -2.14. The number of ether oxygens (including phenoxy) is 2. The Morgan fingerprint density at radius 2 is 1.46 bits per heavy atom. The normalized spacial score (nSPS) is 10.4. The van der Waals surface area contributed by atoms with Gasteiger partial charge in [-0.2, -0.15) is 0 Å². The van der Waals surface area contributed by atoms with E-state index in [-0.39, 0.29) is 11.1 Å². The summed E-state index contributed by atoms with van der Waals surface area (Å²) in [6.45, 7) is -0.177. The van der Waals surface area contributed by atoms with Crippen molar-refractivity contribution in [1.82, 2.24) is 0 Å². The summed E-state index contributed by atoms with van der Waals surface area (Å²) in [5.74, 6) is -2.94. The Bertz CT molecular complexity index is 970. The number of ketones is 1. The highest BCUT2D eigenvalue weighted by Gasteiger charge is 2.14. The van der Waals surface area contributed by atoms with Crippen LogP contribution in [0.15, 0.2) is 72.8 Å². The molecule has 3 aromatic carbocycles. The predicted molar refractivity (Wildman–Crippen MR) is 98.2 cm³/mol. The highest BCUT2D eigenvalue weighted by molar-refractivity contribution is 5.99. The number of rotatable bonds is 7. The highest BCUT2D eigenvalue weighted by Crippen LogP contribution is 2.15. The van der Waals surface area contributed by atoms with Gasteiger partial charge in [0.2, 0.25) is 0 Å². The Balaban J connectivity index is 1.52. The molecule has 0 radical (unpaired) electrons. The Morgan fingerprint density at radius 3 is 2.14 bits per heavy atom. The molecule has 0 fully saturated rings. The van der Waals surface area contributed by atoms with Crippen molar-refractivity contribution in [3.05, 3.63) is 101 Å². The minimum atomic E-state index is -1.14. The van der Waals surface area contributed by atoms with Crippen molar-refractivity contribution in [3.8, 4) is 5.75 Å². The van der Waals surface area contributed by atoms with Crippen molar-refractivity contribution in [2.75, 3.05) is 6.61 Å². The van der Waals surface area contributed by atoms with Crippen LogP contribution < -0.4 is 4.74 Å². The van der Waals surface area contributed by atoms with E-state index in [1.807, 2.05) is 30.3 Å². The van der Waals surface area contributed by atoms with Gasteiger partial charge >= 0.3 is 5.97 Å². The Hall–Kier alpha value is -3.54. The van der Waals surface area contributed by atoms with Gasteiger partial charge in [0.15, 0.2) is 24.0 Å². The van der Waals surface area contributed by atoms with Gasteiger partial charge in [0.25, 0.3) is 0 Å². The summed E-state index contributed by atoms with van der Waals surface area (Å²) in [6, 6.07) is 18.7. The molecule has 0 saturated carbocycles. The maximum absolute atomic E-state index is 13.2. The zero-order chi connectivity index (χ0) is 19.9. The van der Waals surface area contributed by atoms with Crippen LogP contribution in [0.1, 0.15) is 26.3 Å². The molecule has 0 saturated heterocycles. The van der Waals surface area contributed by atoms with Crippen LogP contribution in [-0.4, -0.2) is 18.4 Å². The monoisotopic (exact) mass is 382 g/mol. The van der Waals surface area contributed by atoms with Gasteiger partial charge in [-0.25, -0.2) is 13.6 Å². The minimum absolute atomic E-state index is 0.0728. The van der Waals surface area contributed by atoms with Crippen LogP contribution in [0, 0.1) is 11.6 Å². The molecule has 6 heteroatoms. The fourth-order valence-electron chi connectivity index (χ4n) is 2.40. The van der Waals surface area contributed by atoms with Crippen LogP contribution in [0.2, 0.25) is 0 Å². The zero-order valence-corrected chi connectivity index (χ0v) is 14.7. The van der Waals surface area contributed by atoms with Gasteiger partial charge in [0.1, 0.15) is 12.4 Å². The number of hydrogen-bond donors (Lipinski definition) is 0. The molecule has 0 amide bonds. The van der Waals surface area contributed by atoms with Gasteiger partial charge in [-0.15, -0.1) is 0 Å². The average Bonchev–Trinajstić information content (AvgIpc) is 2.73. The standard InChI is InChI=1S/C22H16F2O4/c23-19-11-8-17(12-20(19)24)21(25)14-28-22(26)16-6-9-18(10-7-16)27-13-15-4-2-1-3-5-15/h1-12H,13-14H2. The van der Waals surface area contributed by atoms with Crippen LogP contribution in [0.5, 0.6) is 5.75 Å². The topological polar surface area (TPSA) is 52.6 Å². The maximum Gasteiger partial charge on any atom is 0.338 e. The van der Waals surface area contributed by atoms with E-state index in [4.69, 9.17) is 9.47 Å². The Kier molecular flexibility index (Phi) is 6.11. The third-order valence-corrected chi connectivity index (χ3v) is 3.91. The molecule has 0 aromatic heterocycles. The van der Waals surface area contributed by atoms with Crippen LogP contribution >= 0.6 is 0 Å². The molecule has 0 N–H and O–H groups in total. The van der Waals surface area contributed by atoms with E-state index < -0.39 is 30.0 Å². The molecule has 3 rings (SSSR count). The lowest BCUT2D eigenvalue weighted by Gasteiger charge is -2.08. The SMILES string of the molecule is O=C(COC(=O)c1ccc(OCc2ccccc2)cc1)c1ccc(F)c(F)c1. The molecule has 0 bridgehead atoms. The number of benzene rings is 3. The quantitative estimate of drug-likeness (QED) is 0.443. The molecule has 0 unspecified atom stereocenters. The molecular weight excluding hydrogens is 366 g/mol. The molecule has 4 nitrogen and oxygen atoms in total. The van der Waals surface area contributed by atoms with Crippen molar-refractivity contribution < 1.29 is 27.8 Å². The molecule has 0 heterocycles. The minimum Gasteiger partial charge on any atom is -0.489 e. The van der Waals surface area contributed by atoms with Crippen molar-refractivity contribution >= 4 is 11.8 Å². The molecule has 0 aliphatic carbocycles. The third-order valence-electron chi connectivity index (χ3n) is 3.91. The molecule has 142 valence electrons. The summed E-state index contributed by atoms with van der Waals surface area (Å²) >= 11 is 0. The van der Waals surface area contributed by atoms with E-state index in [0.717, 1.165) is 23.8 Å². The summed E-state index contributed by atoms with van der Waals surface area (Å²) in [6.07, 6.45) is 0. The second-order valence-electron chi connectivity index (χ2n) is 5.93. The average molecular weight is 382 g/mol. The fraction of sp³-hybridized carbons (Fsp3) is 0.0909. The molecular formula is C22H16F2O4. The molecule has 0 spiro atoms. The second-order valence-corrected chi connectivity index (χ2v) is 5.93. The van der Waals surface area contributed by atoms with Gasteiger partial charge in [-0.3, -0.25) is 4.79 Å². The number of Topliss-reactive ketones (excluding diaryl/α,β-unsaturated/α-hetero) is 1. The van der Waals surface area contributed by atoms with Crippen LogP contribution in [0.3, 0.4) is 0 Å². The molecule has 0 aliphatic rings. The maximum atomic E-state index is 13.2. The summed E-state index contributed by atoms with van der Waals surface area (Å²) in [7, 11) is 0. The summed E-state index contributed by atoms with van der Waals surface area (Å²) < 4.78 is 36.6. The molecule has 3 aromatic rings. The van der Waals surface area contributed by atoms with Crippen molar-refractivity contribution in [3.63, 3.8) is 0 Å². The first kappa shape index (κ1) is 19.2. The summed E-state index contributed by atoms with van der Waals surface area (Å²) in [4.78, 5) is 24.0. The Labute approximate surface area is 160 Å². The highest BCUT2D eigenvalue weighted by atomic mass is 19.2. The van der Waals surface area contributed by atoms with Gasteiger partial charge in [-0.05, 0) is 48.0 Å². The van der Waals surface area contributed by atoms with Crippen LogP contribution in [0.4, 0.5) is 8.78 Å². The zero-order valence-electron chi connectivity index (χ0n) is 14.7. The first-order chi connectivity index (χ1) is 13.5. The Morgan fingerprint density at radius 1 is 0.786 bits per heavy atom. The first-order valence-corrected chi connectivity index (χ1v) is 8.45. The summed E-state index contributed by atoms with van der Waals surface area (Å²) in [5.41, 5.74) is 1.18. The van der Waals surface area contributed by atoms with Gasteiger partial charge in [0, 0.05) is 5.56 Å².